The third-order valence-corrected chi connectivity index (χ3v) is 9.43. The summed E-state index contributed by atoms with van der Waals surface area (Å²) < 4.78 is 30.9. The Labute approximate surface area is 214 Å². The van der Waals surface area contributed by atoms with Gasteiger partial charge in [0.15, 0.2) is 0 Å². The van der Waals surface area contributed by atoms with E-state index in [1.165, 1.54) is 53.0 Å². The molecule has 0 spiro atoms. The summed E-state index contributed by atoms with van der Waals surface area (Å²) in [6, 6.07) is 10.4. The van der Waals surface area contributed by atoms with E-state index < -0.39 is 11.9 Å². The van der Waals surface area contributed by atoms with E-state index >= 15 is 0 Å². The number of hydrogen-bond donors (Lipinski definition) is 1. The minimum atomic E-state index is -2.56. The Kier molecular flexibility index (Phi) is 6.38. The van der Waals surface area contributed by atoms with Crippen LogP contribution < -0.4 is 0 Å². The Morgan fingerprint density at radius 3 is 2.58 bits per heavy atom. The predicted octanol–water partition coefficient (Wildman–Crippen LogP) is 6.27. The Bertz CT molecular complexity index is 1280. The van der Waals surface area contributed by atoms with Crippen LogP contribution in [0, 0.1) is 0 Å². The van der Waals surface area contributed by atoms with Crippen LogP contribution in [0.4, 0.5) is 8.78 Å². The zero-order valence-corrected chi connectivity index (χ0v) is 21.3. The number of benzene rings is 1. The Morgan fingerprint density at radius 1 is 1.06 bits per heavy atom. The highest BCUT2D eigenvalue weighted by Crippen LogP contribution is 2.47. The van der Waals surface area contributed by atoms with Crippen LogP contribution in [-0.4, -0.2) is 64.1 Å². The highest BCUT2D eigenvalue weighted by molar-refractivity contribution is 7.21. The molecule has 8 heteroatoms. The van der Waals surface area contributed by atoms with Gasteiger partial charge in [-0.3, -0.25) is 9.80 Å². The van der Waals surface area contributed by atoms with Gasteiger partial charge < -0.3 is 9.67 Å². The van der Waals surface area contributed by atoms with E-state index in [0.29, 0.717) is 23.9 Å². The molecule has 0 unspecified atom stereocenters. The number of aromatic carboxylic acids is 1. The molecule has 2 aliphatic heterocycles. The normalized spacial score (nSPS) is 21.3. The molecule has 2 fully saturated rings. The molecule has 192 valence electrons. The average Bonchev–Trinajstić information content (AvgIpc) is 3.52. The van der Waals surface area contributed by atoms with Gasteiger partial charge in [-0.25, -0.2) is 13.6 Å². The first-order valence-corrected chi connectivity index (χ1v) is 14.0. The van der Waals surface area contributed by atoms with Crippen LogP contribution in [0.5, 0.6) is 0 Å². The molecular weight excluding hydrogens is 480 g/mol. The summed E-state index contributed by atoms with van der Waals surface area (Å²) in [4.78, 5) is 16.5. The molecular formula is C28H33F2N3O2S. The topological polar surface area (TPSA) is 48.7 Å². The summed E-state index contributed by atoms with van der Waals surface area (Å²) >= 11 is 1.42. The number of likely N-dealkylation sites (tertiary alicyclic amines) is 1. The fraction of sp³-hybridized carbons (Fsp3) is 0.536. The number of carboxylic acids is 1. The molecule has 0 amide bonds. The van der Waals surface area contributed by atoms with Gasteiger partial charge in [-0.1, -0.05) is 43.5 Å². The molecule has 1 aromatic carbocycles. The molecule has 4 heterocycles. The molecule has 2 aromatic heterocycles. The molecule has 1 saturated heterocycles. The van der Waals surface area contributed by atoms with Gasteiger partial charge in [0.2, 0.25) is 0 Å². The molecule has 0 bridgehead atoms. The maximum atomic E-state index is 13.7. The number of carboxylic acid groups (broad SMARTS) is 1. The highest BCUT2D eigenvalue weighted by atomic mass is 32.1. The van der Waals surface area contributed by atoms with Crippen molar-refractivity contribution in [2.24, 2.45) is 0 Å². The third-order valence-electron chi connectivity index (χ3n) is 8.28. The number of halogens is 2. The zero-order valence-electron chi connectivity index (χ0n) is 20.5. The van der Waals surface area contributed by atoms with E-state index in [-0.39, 0.29) is 13.0 Å². The highest BCUT2D eigenvalue weighted by Gasteiger charge is 2.38. The van der Waals surface area contributed by atoms with Crippen LogP contribution in [0.25, 0.3) is 21.5 Å². The summed E-state index contributed by atoms with van der Waals surface area (Å²) in [5, 5.41) is 9.76. The van der Waals surface area contributed by atoms with Gasteiger partial charge in [0, 0.05) is 51.3 Å². The standard InChI is InChI=1S/C28H33F2N3O2S/c29-28(30)10-11-32(18-28)13-12-31-14-15-33-22-16-23(27(34)35)36-26(22)24(19-6-2-1-3-7-19)25(33)21-9-5-4-8-20(21)17-31/h4-5,8-9,16,19H,1-3,6-7,10-15,17-18H2,(H,34,35). The lowest BCUT2D eigenvalue weighted by atomic mass is 9.82. The summed E-state index contributed by atoms with van der Waals surface area (Å²) in [6.45, 7) is 4.05. The number of aromatic nitrogens is 1. The van der Waals surface area contributed by atoms with E-state index in [2.05, 4.69) is 33.7 Å². The number of fused-ring (bicyclic) bond motifs is 5. The maximum Gasteiger partial charge on any atom is 0.345 e. The van der Waals surface area contributed by atoms with E-state index in [1.54, 1.807) is 0 Å². The number of thiophene rings is 1. The van der Waals surface area contributed by atoms with Crippen molar-refractivity contribution in [3.05, 3.63) is 46.3 Å². The van der Waals surface area contributed by atoms with E-state index in [1.807, 2.05) is 11.0 Å². The molecule has 0 atom stereocenters. The molecule has 6 rings (SSSR count). The van der Waals surface area contributed by atoms with Crippen molar-refractivity contribution in [1.29, 1.82) is 0 Å². The van der Waals surface area contributed by atoms with Gasteiger partial charge in [-0.2, -0.15) is 0 Å². The quantitative estimate of drug-likeness (QED) is 0.437. The smallest absolute Gasteiger partial charge is 0.345 e. The van der Waals surface area contributed by atoms with Crippen LogP contribution in [0.2, 0.25) is 0 Å². The lowest BCUT2D eigenvalue weighted by molar-refractivity contribution is 0.0113. The molecule has 3 aromatic rings. The van der Waals surface area contributed by atoms with Gasteiger partial charge in [-0.05, 0) is 36.0 Å². The van der Waals surface area contributed by atoms with Crippen molar-refractivity contribution >= 4 is 27.5 Å². The van der Waals surface area contributed by atoms with Crippen LogP contribution in [0.15, 0.2) is 30.3 Å². The SMILES string of the molecule is O=C(O)c1cc2c(s1)c(C1CCCCC1)c1n2CCN(CCN2CCC(F)(F)C2)Cc2ccccc2-1. The van der Waals surface area contributed by atoms with Crippen molar-refractivity contribution in [3.8, 4) is 11.3 Å². The van der Waals surface area contributed by atoms with Crippen LogP contribution >= 0.6 is 11.3 Å². The third kappa shape index (κ3) is 4.48. The largest absolute Gasteiger partial charge is 0.477 e. The minimum Gasteiger partial charge on any atom is -0.477 e. The average molecular weight is 514 g/mol. The van der Waals surface area contributed by atoms with Crippen molar-refractivity contribution in [1.82, 2.24) is 14.4 Å². The molecule has 1 N–H and O–H groups in total. The van der Waals surface area contributed by atoms with E-state index in [0.717, 1.165) is 49.2 Å². The summed E-state index contributed by atoms with van der Waals surface area (Å²) in [5.74, 6) is -2.97. The first-order valence-electron chi connectivity index (χ1n) is 13.2. The van der Waals surface area contributed by atoms with Gasteiger partial charge in [0.1, 0.15) is 4.88 Å². The second-order valence-electron chi connectivity index (χ2n) is 10.7. The van der Waals surface area contributed by atoms with E-state index in [9.17, 15) is 18.7 Å². The number of carbonyl (C=O) groups is 1. The fourth-order valence-electron chi connectivity index (χ4n) is 6.47. The minimum absolute atomic E-state index is 0.0471. The number of rotatable bonds is 5. The van der Waals surface area contributed by atoms with Crippen LogP contribution in [0.1, 0.15) is 65.2 Å². The van der Waals surface area contributed by atoms with E-state index in [4.69, 9.17) is 0 Å². The second kappa shape index (κ2) is 9.54. The number of hydrogen-bond acceptors (Lipinski definition) is 4. The lowest BCUT2D eigenvalue weighted by Crippen LogP contribution is -2.37. The van der Waals surface area contributed by atoms with Gasteiger partial charge >= 0.3 is 5.97 Å². The Balaban J connectivity index is 1.39. The van der Waals surface area contributed by atoms with Gasteiger partial charge in [-0.15, -0.1) is 11.3 Å². The predicted molar refractivity (Wildman–Crippen MR) is 139 cm³/mol. The van der Waals surface area contributed by atoms with Gasteiger partial charge in [0.25, 0.3) is 5.92 Å². The maximum absolute atomic E-state index is 13.7. The Morgan fingerprint density at radius 2 is 1.83 bits per heavy atom. The zero-order chi connectivity index (χ0) is 24.9. The van der Waals surface area contributed by atoms with Crippen molar-refractivity contribution < 1.29 is 18.7 Å². The lowest BCUT2D eigenvalue weighted by Gasteiger charge is -2.30. The molecule has 0 radical (unpaired) electrons. The van der Waals surface area contributed by atoms with Gasteiger partial charge in [0.05, 0.1) is 22.5 Å². The fourth-order valence-corrected chi connectivity index (χ4v) is 7.59. The molecule has 36 heavy (non-hydrogen) atoms. The van der Waals surface area contributed by atoms with Crippen molar-refractivity contribution in [3.63, 3.8) is 0 Å². The van der Waals surface area contributed by atoms with Crippen molar-refractivity contribution in [2.75, 3.05) is 32.7 Å². The molecule has 1 saturated carbocycles. The summed E-state index contributed by atoms with van der Waals surface area (Å²) in [5.41, 5.74) is 6.14. The summed E-state index contributed by atoms with van der Waals surface area (Å²) in [7, 11) is 0. The first-order chi connectivity index (χ1) is 17.4. The number of nitrogens with zero attached hydrogens (tertiary/aromatic N) is 3. The molecule has 1 aliphatic carbocycles. The first kappa shape index (κ1) is 24.1. The van der Waals surface area contributed by atoms with Crippen LogP contribution in [-0.2, 0) is 13.1 Å². The Hall–Kier alpha value is -2.29. The molecule has 5 nitrogen and oxygen atoms in total. The number of alkyl halides is 2. The monoisotopic (exact) mass is 513 g/mol. The molecule has 3 aliphatic rings. The van der Waals surface area contributed by atoms with Crippen molar-refractivity contribution in [2.45, 2.75) is 63.5 Å². The summed E-state index contributed by atoms with van der Waals surface area (Å²) in [6.07, 6.45) is 5.98. The second-order valence-corrected chi connectivity index (χ2v) is 11.7. The van der Waals surface area contributed by atoms with Crippen LogP contribution in [0.3, 0.4) is 0 Å².